The van der Waals surface area contributed by atoms with Gasteiger partial charge in [-0.2, -0.15) is 0 Å². The molecule has 1 aromatic carbocycles. The van der Waals surface area contributed by atoms with Gasteiger partial charge in [0.05, 0.1) is 0 Å². The van der Waals surface area contributed by atoms with Crippen LogP contribution in [0.1, 0.15) is 0 Å². The minimum Gasteiger partial charge on any atom is -0.872 e. The summed E-state index contributed by atoms with van der Waals surface area (Å²) >= 11 is 0. The predicted molar refractivity (Wildman–Crippen MR) is 34.7 cm³/mol. The molecule has 0 amide bonds. The standard InChI is InChI=1S/C6H6O2.CH2O.Na/c7-5-2-1-3-6(8)4-5;1-2;/h1-4,7-8H;1H2;/q;;+1/p-1. The molecular formula is C7H7NaO3. The van der Waals surface area contributed by atoms with Crippen LogP contribution in [-0.4, -0.2) is 11.9 Å². The van der Waals surface area contributed by atoms with Crippen molar-refractivity contribution in [3.05, 3.63) is 24.3 Å². The molecule has 1 aromatic rings. The molecule has 0 fully saturated rings. The van der Waals surface area contributed by atoms with E-state index in [4.69, 9.17) is 9.90 Å². The Labute approximate surface area is 87.0 Å². The van der Waals surface area contributed by atoms with E-state index in [1.165, 1.54) is 24.3 Å². The molecular weight excluding hydrogens is 155 g/mol. The molecule has 11 heavy (non-hydrogen) atoms. The Morgan fingerprint density at radius 2 is 1.91 bits per heavy atom. The number of hydrogen-bond acceptors (Lipinski definition) is 3. The molecule has 0 atom stereocenters. The molecule has 0 unspecified atom stereocenters. The van der Waals surface area contributed by atoms with Gasteiger partial charge >= 0.3 is 29.6 Å². The molecule has 0 radical (unpaired) electrons. The van der Waals surface area contributed by atoms with Crippen LogP contribution in [0.2, 0.25) is 0 Å². The fraction of sp³-hybridized carbons (Fsp3) is 0. The summed E-state index contributed by atoms with van der Waals surface area (Å²) < 4.78 is 0. The van der Waals surface area contributed by atoms with Gasteiger partial charge in [-0.15, -0.1) is 5.75 Å². The van der Waals surface area contributed by atoms with Crippen LogP contribution in [0.5, 0.6) is 11.5 Å². The van der Waals surface area contributed by atoms with Crippen LogP contribution < -0.4 is 34.7 Å². The third-order valence-corrected chi connectivity index (χ3v) is 0.818. The van der Waals surface area contributed by atoms with Crippen LogP contribution >= 0.6 is 0 Å². The summed E-state index contributed by atoms with van der Waals surface area (Å²) in [6, 6.07) is 5.53. The zero-order valence-corrected chi connectivity index (χ0v) is 8.28. The van der Waals surface area contributed by atoms with Crippen molar-refractivity contribution in [3.63, 3.8) is 0 Å². The van der Waals surface area contributed by atoms with Gasteiger partial charge < -0.3 is 15.0 Å². The number of phenols is 1. The molecule has 3 nitrogen and oxygen atoms in total. The second-order valence-corrected chi connectivity index (χ2v) is 1.50. The maximum atomic E-state index is 10.3. The van der Waals surface area contributed by atoms with Gasteiger partial charge in [0.25, 0.3) is 0 Å². The molecule has 54 valence electrons. The summed E-state index contributed by atoms with van der Waals surface area (Å²) in [5.41, 5.74) is 0. The molecule has 0 aliphatic carbocycles. The fourth-order valence-corrected chi connectivity index (χ4v) is 0.484. The van der Waals surface area contributed by atoms with Crippen molar-refractivity contribution in [1.29, 1.82) is 0 Å². The first-order chi connectivity index (χ1) is 4.79. The molecule has 4 heteroatoms. The summed E-state index contributed by atoms with van der Waals surface area (Å²) in [6.45, 7) is 2.00. The van der Waals surface area contributed by atoms with E-state index >= 15 is 0 Å². The van der Waals surface area contributed by atoms with Gasteiger partial charge in [-0.1, -0.05) is 12.1 Å². The maximum Gasteiger partial charge on any atom is 1.00 e. The van der Waals surface area contributed by atoms with Crippen LogP contribution in [0.15, 0.2) is 24.3 Å². The normalized spacial score (nSPS) is 6.91. The van der Waals surface area contributed by atoms with Gasteiger partial charge in [0.1, 0.15) is 12.5 Å². The van der Waals surface area contributed by atoms with E-state index in [2.05, 4.69) is 0 Å². The first kappa shape index (κ1) is 13.1. The Balaban J connectivity index is 0. The van der Waals surface area contributed by atoms with Crippen molar-refractivity contribution in [1.82, 2.24) is 0 Å². The van der Waals surface area contributed by atoms with E-state index in [9.17, 15) is 5.11 Å². The molecule has 1 N–H and O–H groups in total. The molecule has 0 heterocycles. The minimum absolute atomic E-state index is 0. The van der Waals surface area contributed by atoms with E-state index in [-0.39, 0.29) is 41.1 Å². The van der Waals surface area contributed by atoms with Gasteiger partial charge in [0.2, 0.25) is 0 Å². The van der Waals surface area contributed by atoms with E-state index in [0.29, 0.717) is 0 Å². The Bertz CT molecular complexity index is 185. The summed E-state index contributed by atoms with van der Waals surface area (Å²) in [5, 5.41) is 18.9. The Hall–Kier alpha value is -0.510. The van der Waals surface area contributed by atoms with Crippen molar-refractivity contribution in [2.75, 3.05) is 0 Å². The van der Waals surface area contributed by atoms with E-state index in [0.717, 1.165) is 0 Å². The third-order valence-electron chi connectivity index (χ3n) is 0.818. The van der Waals surface area contributed by atoms with Crippen molar-refractivity contribution >= 4 is 6.79 Å². The number of phenolic OH excluding ortho intramolecular Hbond substituents is 1. The quantitative estimate of drug-likeness (QED) is 0.422. The molecule has 0 aliphatic rings. The fourth-order valence-electron chi connectivity index (χ4n) is 0.484. The molecule has 0 bridgehead atoms. The van der Waals surface area contributed by atoms with Gasteiger partial charge in [-0.25, -0.2) is 0 Å². The number of carbonyl (C=O) groups excluding carboxylic acids is 1. The monoisotopic (exact) mass is 162 g/mol. The SMILES string of the molecule is C=O.[Na+].[O-]c1cccc(O)c1. The topological polar surface area (TPSA) is 60.4 Å². The Morgan fingerprint density at radius 3 is 2.18 bits per heavy atom. The van der Waals surface area contributed by atoms with Gasteiger partial charge in [0, 0.05) is 0 Å². The van der Waals surface area contributed by atoms with Crippen LogP contribution in [0.3, 0.4) is 0 Å². The zero-order valence-electron chi connectivity index (χ0n) is 6.28. The van der Waals surface area contributed by atoms with Crippen LogP contribution in [0.25, 0.3) is 0 Å². The summed E-state index contributed by atoms with van der Waals surface area (Å²) in [6.07, 6.45) is 0. The Kier molecular flexibility index (Phi) is 9.05. The average molecular weight is 162 g/mol. The first-order valence-electron chi connectivity index (χ1n) is 2.54. The van der Waals surface area contributed by atoms with Gasteiger partial charge in [-0.3, -0.25) is 0 Å². The smallest absolute Gasteiger partial charge is 0.872 e. The van der Waals surface area contributed by atoms with Crippen molar-refractivity contribution in [2.24, 2.45) is 0 Å². The number of aromatic hydroxyl groups is 1. The molecule has 0 spiro atoms. The molecule has 0 aliphatic heterocycles. The number of carbonyl (C=O) groups is 1. The first-order valence-corrected chi connectivity index (χ1v) is 2.54. The molecule has 0 aromatic heterocycles. The van der Waals surface area contributed by atoms with Crippen LogP contribution in [0.4, 0.5) is 0 Å². The van der Waals surface area contributed by atoms with E-state index < -0.39 is 0 Å². The molecule has 0 saturated heterocycles. The second-order valence-electron chi connectivity index (χ2n) is 1.50. The van der Waals surface area contributed by atoms with Gasteiger partial charge in [-0.05, 0) is 12.1 Å². The average Bonchev–Trinajstić information content (AvgIpc) is 1.91. The van der Waals surface area contributed by atoms with Crippen molar-refractivity contribution in [3.8, 4) is 11.5 Å². The van der Waals surface area contributed by atoms with Crippen molar-refractivity contribution in [2.45, 2.75) is 0 Å². The maximum absolute atomic E-state index is 10.3. The summed E-state index contributed by atoms with van der Waals surface area (Å²) in [4.78, 5) is 8.00. The van der Waals surface area contributed by atoms with Gasteiger partial charge in [0.15, 0.2) is 0 Å². The second kappa shape index (κ2) is 7.60. The van der Waals surface area contributed by atoms with E-state index in [1.807, 2.05) is 6.79 Å². The van der Waals surface area contributed by atoms with Crippen LogP contribution in [0, 0.1) is 0 Å². The number of rotatable bonds is 0. The largest absolute Gasteiger partial charge is 1.00 e. The Morgan fingerprint density at radius 1 is 1.36 bits per heavy atom. The number of benzene rings is 1. The van der Waals surface area contributed by atoms with Crippen LogP contribution in [-0.2, 0) is 4.79 Å². The van der Waals surface area contributed by atoms with E-state index in [1.54, 1.807) is 0 Å². The van der Waals surface area contributed by atoms with Crippen molar-refractivity contribution < 1.29 is 44.6 Å². The summed E-state index contributed by atoms with van der Waals surface area (Å²) in [7, 11) is 0. The predicted octanol–water partition coefficient (Wildman–Crippen LogP) is -2.72. The molecule has 1 rings (SSSR count). The summed E-state index contributed by atoms with van der Waals surface area (Å²) in [5.74, 6) is -0.137. The zero-order chi connectivity index (χ0) is 7.98. The third kappa shape index (κ3) is 5.91. The minimum atomic E-state index is -0.162. The number of hydrogen-bond donors (Lipinski definition) is 1. The molecule has 0 saturated carbocycles.